The number of carbonyl (C=O) groups is 1. The van der Waals surface area contributed by atoms with Crippen LogP contribution in [-0.2, 0) is 0 Å². The highest BCUT2D eigenvalue weighted by Gasteiger charge is 2.13. The Morgan fingerprint density at radius 2 is 1.87 bits per heavy atom. The first-order valence-electron chi connectivity index (χ1n) is 9.42. The molecule has 0 fully saturated rings. The van der Waals surface area contributed by atoms with Crippen molar-refractivity contribution in [1.29, 1.82) is 0 Å². The second-order valence-corrected chi connectivity index (χ2v) is 7.36. The van der Waals surface area contributed by atoms with Crippen molar-refractivity contribution in [3.05, 3.63) is 95.5 Å². The Morgan fingerprint density at radius 1 is 1.03 bits per heavy atom. The van der Waals surface area contributed by atoms with E-state index >= 15 is 0 Å². The predicted octanol–water partition coefficient (Wildman–Crippen LogP) is 5.46. The van der Waals surface area contributed by atoms with E-state index in [1.807, 2.05) is 12.1 Å². The molecule has 0 unspecified atom stereocenters. The number of halogens is 2. The SMILES string of the molecule is O=C(Nc1cc(-c2ccc(Cl)cc2)[nH]n1)c1ccc2c(c1)ncn2-c1cccc(F)c1. The molecular weight excluding hydrogens is 417 g/mol. The van der Waals surface area contributed by atoms with E-state index in [2.05, 4.69) is 20.5 Å². The van der Waals surface area contributed by atoms with Gasteiger partial charge in [-0.05, 0) is 54.1 Å². The average molecular weight is 432 g/mol. The predicted molar refractivity (Wildman–Crippen MR) is 118 cm³/mol. The molecule has 0 spiro atoms. The summed E-state index contributed by atoms with van der Waals surface area (Å²) >= 11 is 5.92. The van der Waals surface area contributed by atoms with E-state index in [0.717, 1.165) is 16.8 Å². The van der Waals surface area contributed by atoms with Gasteiger partial charge in [-0.3, -0.25) is 14.5 Å². The van der Waals surface area contributed by atoms with Crippen LogP contribution in [0.5, 0.6) is 0 Å². The van der Waals surface area contributed by atoms with E-state index in [4.69, 9.17) is 11.6 Å². The lowest BCUT2D eigenvalue weighted by Gasteiger charge is -2.05. The number of amides is 1. The zero-order valence-electron chi connectivity index (χ0n) is 16.0. The first kappa shape index (κ1) is 19.0. The Labute approximate surface area is 181 Å². The van der Waals surface area contributed by atoms with Gasteiger partial charge in [0.05, 0.1) is 22.4 Å². The molecule has 6 nitrogen and oxygen atoms in total. The van der Waals surface area contributed by atoms with Gasteiger partial charge in [-0.1, -0.05) is 29.8 Å². The maximum absolute atomic E-state index is 13.6. The number of H-pyrrole nitrogens is 1. The Morgan fingerprint density at radius 3 is 2.68 bits per heavy atom. The van der Waals surface area contributed by atoms with Gasteiger partial charge in [0.1, 0.15) is 12.1 Å². The molecule has 1 amide bonds. The maximum Gasteiger partial charge on any atom is 0.256 e. The number of hydrogen-bond donors (Lipinski definition) is 2. The van der Waals surface area contributed by atoms with Gasteiger partial charge >= 0.3 is 0 Å². The standard InChI is InChI=1S/C23H15ClFN5O/c24-16-7-4-14(5-8-16)19-12-22(29-28-19)27-23(31)15-6-9-21-20(10-15)26-13-30(21)18-3-1-2-17(25)11-18/h1-13H,(H2,27,28,29,31). The minimum absolute atomic E-state index is 0.309. The minimum atomic E-state index is -0.327. The van der Waals surface area contributed by atoms with Gasteiger partial charge in [-0.15, -0.1) is 0 Å². The third-order valence-electron chi connectivity index (χ3n) is 4.87. The minimum Gasteiger partial charge on any atom is -0.305 e. The second-order valence-electron chi connectivity index (χ2n) is 6.93. The Kier molecular flexibility index (Phi) is 4.72. The van der Waals surface area contributed by atoms with Gasteiger partial charge in [0.2, 0.25) is 0 Å². The van der Waals surface area contributed by atoms with Crippen LogP contribution in [0.2, 0.25) is 5.02 Å². The molecule has 5 rings (SSSR count). The van der Waals surface area contributed by atoms with E-state index in [1.54, 1.807) is 59.4 Å². The van der Waals surface area contributed by atoms with Crippen molar-refractivity contribution in [3.63, 3.8) is 0 Å². The van der Waals surface area contributed by atoms with Gasteiger partial charge in [0, 0.05) is 16.7 Å². The highest BCUT2D eigenvalue weighted by atomic mass is 35.5. The van der Waals surface area contributed by atoms with Crippen LogP contribution < -0.4 is 5.32 Å². The number of nitrogens with one attached hydrogen (secondary N) is 2. The number of anilines is 1. The maximum atomic E-state index is 13.6. The molecule has 0 aliphatic heterocycles. The van der Waals surface area contributed by atoms with Crippen LogP contribution in [0.15, 0.2) is 79.1 Å². The number of aromatic nitrogens is 4. The molecule has 3 aromatic carbocycles. The summed E-state index contributed by atoms with van der Waals surface area (Å²) in [6, 6.07) is 20.5. The normalized spacial score (nSPS) is 11.0. The molecule has 0 aliphatic carbocycles. The lowest BCUT2D eigenvalue weighted by atomic mass is 10.1. The number of hydrogen-bond acceptors (Lipinski definition) is 3. The van der Waals surface area contributed by atoms with Crippen molar-refractivity contribution >= 4 is 34.4 Å². The van der Waals surface area contributed by atoms with E-state index in [1.165, 1.54) is 12.1 Å². The zero-order chi connectivity index (χ0) is 21.4. The number of nitrogens with zero attached hydrogens (tertiary/aromatic N) is 3. The Bertz CT molecular complexity index is 1410. The fraction of sp³-hybridized carbons (Fsp3) is 0. The highest BCUT2D eigenvalue weighted by Crippen LogP contribution is 2.23. The molecule has 0 bridgehead atoms. The summed E-state index contributed by atoms with van der Waals surface area (Å²) in [4.78, 5) is 17.1. The zero-order valence-corrected chi connectivity index (χ0v) is 16.8. The summed E-state index contributed by atoms with van der Waals surface area (Å²) in [6.07, 6.45) is 1.60. The van der Waals surface area contributed by atoms with Crippen LogP contribution in [-0.4, -0.2) is 25.7 Å². The molecule has 2 heterocycles. The monoisotopic (exact) mass is 431 g/mol. The number of imidazole rings is 1. The summed E-state index contributed by atoms with van der Waals surface area (Å²) in [7, 11) is 0. The third kappa shape index (κ3) is 3.78. The molecule has 5 aromatic rings. The molecule has 152 valence electrons. The highest BCUT2D eigenvalue weighted by molar-refractivity contribution is 6.30. The van der Waals surface area contributed by atoms with Crippen molar-refractivity contribution < 1.29 is 9.18 Å². The molecule has 0 radical (unpaired) electrons. The molecular formula is C23H15ClFN5O. The third-order valence-corrected chi connectivity index (χ3v) is 5.12. The second kappa shape index (κ2) is 7.70. The first-order chi connectivity index (χ1) is 15.1. The van der Waals surface area contributed by atoms with Crippen molar-refractivity contribution in [2.45, 2.75) is 0 Å². The fourth-order valence-corrected chi connectivity index (χ4v) is 3.46. The van der Waals surface area contributed by atoms with Crippen LogP contribution >= 0.6 is 11.6 Å². The fourth-order valence-electron chi connectivity index (χ4n) is 3.34. The van der Waals surface area contributed by atoms with Gasteiger partial charge in [0.15, 0.2) is 5.82 Å². The summed E-state index contributed by atoms with van der Waals surface area (Å²) in [5.74, 6) is -0.232. The van der Waals surface area contributed by atoms with Crippen LogP contribution in [0, 0.1) is 5.82 Å². The number of benzene rings is 3. The lowest BCUT2D eigenvalue weighted by Crippen LogP contribution is -2.12. The number of rotatable bonds is 4. The van der Waals surface area contributed by atoms with Crippen molar-refractivity contribution in [2.75, 3.05) is 5.32 Å². The molecule has 0 saturated carbocycles. The molecule has 2 aromatic heterocycles. The van der Waals surface area contributed by atoms with Gasteiger partial charge in [-0.25, -0.2) is 9.37 Å². The smallest absolute Gasteiger partial charge is 0.256 e. The molecule has 0 aliphatic rings. The Hall–Kier alpha value is -3.97. The van der Waals surface area contributed by atoms with E-state index in [0.29, 0.717) is 27.6 Å². The molecule has 31 heavy (non-hydrogen) atoms. The van der Waals surface area contributed by atoms with Crippen molar-refractivity contribution in [2.24, 2.45) is 0 Å². The van der Waals surface area contributed by atoms with E-state index in [9.17, 15) is 9.18 Å². The summed E-state index contributed by atoms with van der Waals surface area (Å²) in [6.45, 7) is 0. The van der Waals surface area contributed by atoms with Crippen LogP contribution in [0.25, 0.3) is 28.0 Å². The number of aromatic amines is 1. The first-order valence-corrected chi connectivity index (χ1v) is 9.80. The van der Waals surface area contributed by atoms with Gasteiger partial charge in [0.25, 0.3) is 5.91 Å². The Balaban J connectivity index is 1.37. The van der Waals surface area contributed by atoms with Gasteiger partial charge < -0.3 is 5.32 Å². The summed E-state index contributed by atoms with van der Waals surface area (Å²) < 4.78 is 15.3. The van der Waals surface area contributed by atoms with Gasteiger partial charge in [-0.2, -0.15) is 5.10 Å². The summed E-state index contributed by atoms with van der Waals surface area (Å²) in [5.41, 5.74) is 4.16. The molecule has 2 N–H and O–H groups in total. The molecule has 8 heteroatoms. The van der Waals surface area contributed by atoms with Crippen LogP contribution in [0.3, 0.4) is 0 Å². The largest absolute Gasteiger partial charge is 0.305 e. The molecule has 0 atom stereocenters. The lowest BCUT2D eigenvalue weighted by molar-refractivity contribution is 0.102. The summed E-state index contributed by atoms with van der Waals surface area (Å²) in [5, 5.41) is 10.5. The molecule has 0 saturated heterocycles. The number of carbonyl (C=O) groups excluding carboxylic acids is 1. The topological polar surface area (TPSA) is 75.6 Å². The average Bonchev–Trinajstić information content (AvgIpc) is 3.41. The van der Waals surface area contributed by atoms with E-state index in [-0.39, 0.29) is 11.7 Å². The van der Waals surface area contributed by atoms with Crippen molar-refractivity contribution in [1.82, 2.24) is 19.7 Å². The van der Waals surface area contributed by atoms with Crippen molar-refractivity contribution in [3.8, 4) is 16.9 Å². The van der Waals surface area contributed by atoms with Crippen LogP contribution in [0.1, 0.15) is 10.4 Å². The number of fused-ring (bicyclic) bond motifs is 1. The van der Waals surface area contributed by atoms with Crippen LogP contribution in [0.4, 0.5) is 10.2 Å². The quantitative estimate of drug-likeness (QED) is 0.396. The van der Waals surface area contributed by atoms with E-state index < -0.39 is 0 Å².